The van der Waals surface area contributed by atoms with E-state index in [4.69, 9.17) is 4.74 Å². The van der Waals surface area contributed by atoms with Gasteiger partial charge in [0, 0.05) is 65.2 Å². The van der Waals surface area contributed by atoms with E-state index in [1.807, 2.05) is 11.9 Å². The van der Waals surface area contributed by atoms with Crippen molar-refractivity contribution < 1.29 is 9.53 Å². The summed E-state index contributed by atoms with van der Waals surface area (Å²) in [6, 6.07) is 8.66. The summed E-state index contributed by atoms with van der Waals surface area (Å²) in [6.07, 6.45) is 6.03. The molecule has 0 spiro atoms. The van der Waals surface area contributed by atoms with Crippen LogP contribution in [0.5, 0.6) is 0 Å². The third-order valence-corrected chi connectivity index (χ3v) is 5.85. The van der Waals surface area contributed by atoms with E-state index >= 15 is 0 Å². The Morgan fingerprint density at radius 3 is 2.62 bits per heavy atom. The summed E-state index contributed by atoms with van der Waals surface area (Å²) in [5.74, 6) is 1.04. The van der Waals surface area contributed by atoms with E-state index in [1.54, 1.807) is 0 Å². The minimum absolute atomic E-state index is 0.151. The Morgan fingerprint density at radius 2 is 1.93 bits per heavy atom. The maximum Gasteiger partial charge on any atom is 0.251 e. The third kappa shape index (κ3) is 4.72. The van der Waals surface area contributed by atoms with Crippen LogP contribution in [0.4, 0.5) is 5.69 Å². The van der Waals surface area contributed by atoms with Crippen molar-refractivity contribution in [3.63, 3.8) is 0 Å². The van der Waals surface area contributed by atoms with Crippen molar-refractivity contribution in [2.75, 3.05) is 57.8 Å². The minimum atomic E-state index is -0.225. The molecule has 3 aliphatic rings. The lowest BCUT2D eigenvalue weighted by molar-refractivity contribution is -0.142. The molecule has 1 aromatic carbocycles. The first-order valence-corrected chi connectivity index (χ1v) is 10.6. The van der Waals surface area contributed by atoms with Crippen LogP contribution in [0.15, 0.2) is 41.4 Å². The van der Waals surface area contributed by atoms with Crippen molar-refractivity contribution in [2.24, 2.45) is 4.99 Å². The van der Waals surface area contributed by atoms with Crippen LogP contribution in [0.1, 0.15) is 18.4 Å². The number of carbonyl (C=O) groups excluding carboxylic acids is 1. The number of anilines is 1. The highest BCUT2D eigenvalue weighted by atomic mass is 16.5. The molecule has 1 atom stereocenters. The third-order valence-electron chi connectivity index (χ3n) is 5.85. The fourth-order valence-corrected chi connectivity index (χ4v) is 4.18. The van der Waals surface area contributed by atoms with Crippen molar-refractivity contribution in [3.05, 3.63) is 42.0 Å². The molecule has 2 saturated heterocycles. The predicted molar refractivity (Wildman–Crippen MR) is 115 cm³/mol. The van der Waals surface area contributed by atoms with Crippen LogP contribution in [-0.4, -0.2) is 80.7 Å². The van der Waals surface area contributed by atoms with Gasteiger partial charge >= 0.3 is 0 Å². The van der Waals surface area contributed by atoms with Gasteiger partial charge in [0.1, 0.15) is 6.10 Å². The number of ether oxygens (including phenoxy) is 1. The number of amides is 1. The monoisotopic (exact) mass is 397 g/mol. The van der Waals surface area contributed by atoms with Gasteiger partial charge in [0.15, 0.2) is 5.96 Å². The average molecular weight is 398 g/mol. The summed E-state index contributed by atoms with van der Waals surface area (Å²) in [5.41, 5.74) is 2.49. The lowest BCUT2D eigenvalue weighted by atomic mass is 10.2. The van der Waals surface area contributed by atoms with Gasteiger partial charge in [-0.05, 0) is 30.5 Å². The molecule has 0 radical (unpaired) electrons. The zero-order chi connectivity index (χ0) is 20.1. The zero-order valence-corrected chi connectivity index (χ0v) is 17.2. The molecule has 1 amide bonds. The summed E-state index contributed by atoms with van der Waals surface area (Å²) in [6.45, 7) is 6.42. The number of nitrogens with one attached hydrogen (secondary N) is 1. The van der Waals surface area contributed by atoms with Crippen molar-refractivity contribution in [1.82, 2.24) is 15.1 Å². The second-order valence-corrected chi connectivity index (χ2v) is 7.76. The normalized spacial score (nSPS) is 22.4. The average Bonchev–Trinajstić information content (AvgIpc) is 3.49. The Kier molecular flexibility index (Phi) is 6.34. The van der Waals surface area contributed by atoms with E-state index in [0.29, 0.717) is 6.61 Å². The molecule has 1 aromatic rings. The number of guanidine groups is 1. The smallest absolute Gasteiger partial charge is 0.251 e. The Hall–Kier alpha value is -2.54. The molecule has 29 heavy (non-hydrogen) atoms. The number of piperazine rings is 1. The molecule has 156 valence electrons. The van der Waals surface area contributed by atoms with Crippen LogP contribution in [0.2, 0.25) is 0 Å². The van der Waals surface area contributed by atoms with Gasteiger partial charge in [-0.1, -0.05) is 24.3 Å². The molecule has 1 N–H and O–H groups in total. The fraction of sp³-hybridized carbons (Fsp3) is 0.545. The van der Waals surface area contributed by atoms with E-state index < -0.39 is 0 Å². The maximum atomic E-state index is 12.5. The molecule has 0 bridgehead atoms. The molecular weight excluding hydrogens is 366 g/mol. The highest BCUT2D eigenvalue weighted by molar-refractivity contribution is 5.82. The van der Waals surface area contributed by atoms with Crippen molar-refractivity contribution in [3.8, 4) is 0 Å². The van der Waals surface area contributed by atoms with Crippen molar-refractivity contribution in [1.29, 1.82) is 0 Å². The number of carbonyl (C=O) groups is 1. The van der Waals surface area contributed by atoms with Crippen LogP contribution in [0.3, 0.4) is 0 Å². The molecule has 1 unspecified atom stereocenters. The largest absolute Gasteiger partial charge is 0.368 e. The minimum Gasteiger partial charge on any atom is -0.368 e. The first kappa shape index (κ1) is 19.8. The summed E-state index contributed by atoms with van der Waals surface area (Å²) >= 11 is 0. The van der Waals surface area contributed by atoms with E-state index in [0.717, 1.165) is 64.6 Å². The van der Waals surface area contributed by atoms with Crippen molar-refractivity contribution in [2.45, 2.75) is 25.5 Å². The number of hydrogen-bond acceptors (Lipinski definition) is 4. The van der Waals surface area contributed by atoms with E-state index in [2.05, 4.69) is 56.5 Å². The molecule has 3 aliphatic heterocycles. The molecular formula is C22H31N5O2. The lowest BCUT2D eigenvalue weighted by Crippen LogP contribution is -2.55. The summed E-state index contributed by atoms with van der Waals surface area (Å²) < 4.78 is 5.55. The van der Waals surface area contributed by atoms with Crippen LogP contribution < -0.4 is 10.2 Å². The van der Waals surface area contributed by atoms with Gasteiger partial charge < -0.3 is 24.8 Å². The van der Waals surface area contributed by atoms with Crippen LogP contribution in [-0.2, 0) is 16.1 Å². The second kappa shape index (κ2) is 9.31. The van der Waals surface area contributed by atoms with Gasteiger partial charge in [-0.3, -0.25) is 9.79 Å². The lowest BCUT2D eigenvalue weighted by Gasteiger charge is -2.37. The SMILES string of the molecule is CN=C(NCc1cccc(N2CC=CC2)c1)N1CCN(C(=O)C2CCCO2)CC1. The summed E-state index contributed by atoms with van der Waals surface area (Å²) in [5, 5.41) is 3.49. The highest BCUT2D eigenvalue weighted by Gasteiger charge is 2.30. The first-order chi connectivity index (χ1) is 14.2. The Morgan fingerprint density at radius 1 is 1.17 bits per heavy atom. The predicted octanol–water partition coefficient (Wildman–Crippen LogP) is 1.46. The van der Waals surface area contributed by atoms with E-state index in [9.17, 15) is 4.79 Å². The second-order valence-electron chi connectivity index (χ2n) is 7.76. The zero-order valence-electron chi connectivity index (χ0n) is 17.2. The Bertz CT molecular complexity index is 756. The van der Waals surface area contributed by atoms with Gasteiger partial charge in [-0.15, -0.1) is 0 Å². The van der Waals surface area contributed by atoms with Gasteiger partial charge in [-0.25, -0.2) is 0 Å². The highest BCUT2D eigenvalue weighted by Crippen LogP contribution is 2.19. The Labute approximate surface area is 173 Å². The van der Waals surface area contributed by atoms with Crippen molar-refractivity contribution >= 4 is 17.6 Å². The maximum absolute atomic E-state index is 12.5. The van der Waals surface area contributed by atoms with Gasteiger partial charge in [0.05, 0.1) is 0 Å². The van der Waals surface area contributed by atoms with Gasteiger partial charge in [0.2, 0.25) is 0 Å². The van der Waals surface area contributed by atoms with Crippen LogP contribution in [0.25, 0.3) is 0 Å². The van der Waals surface area contributed by atoms with Gasteiger partial charge in [0.25, 0.3) is 5.91 Å². The number of rotatable bonds is 4. The van der Waals surface area contributed by atoms with Crippen LogP contribution in [0, 0.1) is 0 Å². The van der Waals surface area contributed by atoms with E-state index in [1.165, 1.54) is 11.3 Å². The molecule has 0 aliphatic carbocycles. The van der Waals surface area contributed by atoms with Gasteiger partial charge in [-0.2, -0.15) is 0 Å². The molecule has 4 rings (SSSR count). The molecule has 7 heteroatoms. The number of nitrogens with zero attached hydrogens (tertiary/aromatic N) is 4. The number of hydrogen-bond donors (Lipinski definition) is 1. The quantitative estimate of drug-likeness (QED) is 0.474. The number of aliphatic imine (C=N–C) groups is 1. The molecule has 0 aromatic heterocycles. The topological polar surface area (TPSA) is 60.4 Å². The van der Waals surface area contributed by atoms with E-state index in [-0.39, 0.29) is 12.0 Å². The molecule has 7 nitrogen and oxygen atoms in total. The summed E-state index contributed by atoms with van der Waals surface area (Å²) in [7, 11) is 1.82. The van der Waals surface area contributed by atoms with Crippen LogP contribution >= 0.6 is 0 Å². The first-order valence-electron chi connectivity index (χ1n) is 10.6. The standard InChI is InChI=1S/C22H31N5O2/c1-23-22(24-17-18-6-4-7-19(16-18)25-9-2-3-10-25)27-13-11-26(12-14-27)21(28)20-8-5-15-29-20/h2-4,6-7,16,20H,5,8-15,17H2,1H3,(H,23,24). The number of benzene rings is 1. The molecule has 3 heterocycles. The Balaban J connectivity index is 1.28. The fourth-order valence-electron chi connectivity index (χ4n) is 4.18. The molecule has 0 saturated carbocycles. The molecule has 2 fully saturated rings. The summed E-state index contributed by atoms with van der Waals surface area (Å²) in [4.78, 5) is 23.5.